The van der Waals surface area contributed by atoms with E-state index in [0.29, 0.717) is 43.1 Å². The van der Waals surface area contributed by atoms with E-state index in [-0.39, 0.29) is 51.0 Å². The first kappa shape index (κ1) is 23.4. The Kier molecular flexibility index (Phi) is 5.73. The van der Waals surface area contributed by atoms with Crippen LogP contribution in [0.1, 0.15) is 32.6 Å². The number of anilines is 1. The predicted molar refractivity (Wildman–Crippen MR) is 130 cm³/mol. The zero-order chi connectivity index (χ0) is 24.5. The highest BCUT2D eigenvalue weighted by Crippen LogP contribution is 2.49. The van der Waals surface area contributed by atoms with Gasteiger partial charge in [-0.15, -0.1) is 0 Å². The number of nitriles is 1. The van der Waals surface area contributed by atoms with Gasteiger partial charge in [0.05, 0.1) is 33.9 Å². The van der Waals surface area contributed by atoms with E-state index in [0.717, 1.165) is 25.8 Å². The van der Waals surface area contributed by atoms with E-state index < -0.39 is 12.0 Å². The standard InChI is InChI=1S/C24H25BrClF2N5O2/c1-12(15-7-13(15)9-29)33-5-6-34-21-16-20(19(28)17(25)18(21)26)30-23(31-22(16)33)35-11-24-3-2-4-32(24)10-14(27)8-24/h12-15H,2-8,10-11H2,1H3/t12?,13?,14-,15?,24+/m1/s1. The summed E-state index contributed by atoms with van der Waals surface area (Å²) in [7, 11) is 0. The Morgan fingerprint density at radius 2 is 2.23 bits per heavy atom. The van der Waals surface area contributed by atoms with Gasteiger partial charge in [0.1, 0.15) is 35.7 Å². The summed E-state index contributed by atoms with van der Waals surface area (Å²) in [6, 6.07) is 2.37. The van der Waals surface area contributed by atoms with E-state index in [1.807, 2.05) is 11.8 Å². The fourth-order valence-electron chi connectivity index (χ4n) is 6.14. The van der Waals surface area contributed by atoms with E-state index in [9.17, 15) is 9.65 Å². The van der Waals surface area contributed by atoms with Crippen molar-refractivity contribution >= 4 is 44.3 Å². The summed E-state index contributed by atoms with van der Waals surface area (Å²) < 4.78 is 41.8. The van der Waals surface area contributed by atoms with Crippen LogP contribution in [0.25, 0.3) is 10.9 Å². The Morgan fingerprint density at radius 3 is 3.00 bits per heavy atom. The van der Waals surface area contributed by atoms with Crippen molar-refractivity contribution < 1.29 is 18.3 Å². The van der Waals surface area contributed by atoms with Gasteiger partial charge in [-0.1, -0.05) is 11.6 Å². The first-order chi connectivity index (χ1) is 16.8. The fraction of sp³-hybridized carbons (Fsp3) is 0.625. The molecule has 1 aliphatic carbocycles. The molecule has 2 saturated heterocycles. The molecule has 0 radical (unpaired) electrons. The average Bonchev–Trinajstić information content (AvgIpc) is 3.50. The number of fused-ring (bicyclic) bond motifs is 1. The molecule has 1 aromatic carbocycles. The van der Waals surface area contributed by atoms with Crippen molar-refractivity contribution in [3.63, 3.8) is 0 Å². The Hall–Kier alpha value is -1.96. The second-order valence-corrected chi connectivity index (χ2v) is 11.3. The molecule has 3 fully saturated rings. The van der Waals surface area contributed by atoms with Crippen molar-refractivity contribution in [2.45, 2.75) is 50.4 Å². The van der Waals surface area contributed by atoms with Gasteiger partial charge in [-0.05, 0) is 54.6 Å². The van der Waals surface area contributed by atoms with Crippen molar-refractivity contribution in [3.8, 4) is 17.8 Å². The van der Waals surface area contributed by atoms with Crippen molar-refractivity contribution in [2.24, 2.45) is 11.8 Å². The highest BCUT2D eigenvalue weighted by Gasteiger charge is 2.49. The number of halogens is 4. The van der Waals surface area contributed by atoms with Crippen LogP contribution in [0.2, 0.25) is 5.02 Å². The van der Waals surface area contributed by atoms with Gasteiger partial charge in [-0.2, -0.15) is 15.2 Å². The quantitative estimate of drug-likeness (QED) is 0.476. The highest BCUT2D eigenvalue weighted by atomic mass is 79.9. The van der Waals surface area contributed by atoms with Gasteiger partial charge in [-0.3, -0.25) is 4.90 Å². The summed E-state index contributed by atoms with van der Waals surface area (Å²) in [6.07, 6.45) is 2.20. The lowest BCUT2D eigenvalue weighted by atomic mass is 9.95. The summed E-state index contributed by atoms with van der Waals surface area (Å²) in [5, 5.41) is 9.89. The van der Waals surface area contributed by atoms with Gasteiger partial charge in [0.25, 0.3) is 0 Å². The van der Waals surface area contributed by atoms with Crippen molar-refractivity contribution in [3.05, 3.63) is 15.3 Å². The van der Waals surface area contributed by atoms with Crippen molar-refractivity contribution in [2.75, 3.05) is 37.7 Å². The SMILES string of the molecule is CC(C1CC1C#N)N1CCOc2c(Cl)c(Br)c(F)c3nc(OC[C@@]45CCCN4C[C@H](F)C5)nc1c23. The zero-order valence-electron chi connectivity index (χ0n) is 19.2. The summed E-state index contributed by atoms with van der Waals surface area (Å²) in [6.45, 7) is 4.37. The first-order valence-electron chi connectivity index (χ1n) is 12.0. The summed E-state index contributed by atoms with van der Waals surface area (Å²) >= 11 is 9.70. The maximum absolute atomic E-state index is 15.5. The molecule has 0 spiro atoms. The normalized spacial score (nSPS) is 30.5. The second kappa shape index (κ2) is 8.56. The lowest BCUT2D eigenvalue weighted by Crippen LogP contribution is -2.43. The van der Waals surface area contributed by atoms with Crippen LogP contribution >= 0.6 is 27.5 Å². The minimum Gasteiger partial charge on any atom is -0.489 e. The monoisotopic (exact) mass is 567 g/mol. The van der Waals surface area contributed by atoms with Crippen LogP contribution in [-0.2, 0) is 0 Å². The number of hydrogen-bond acceptors (Lipinski definition) is 7. The van der Waals surface area contributed by atoms with Crippen molar-refractivity contribution in [1.29, 1.82) is 5.26 Å². The molecule has 4 aliphatic rings. The number of nitrogens with zero attached hydrogens (tertiary/aromatic N) is 5. The van der Waals surface area contributed by atoms with Gasteiger partial charge in [0, 0.05) is 19.0 Å². The largest absolute Gasteiger partial charge is 0.489 e. The van der Waals surface area contributed by atoms with Crippen LogP contribution in [0.5, 0.6) is 11.8 Å². The maximum atomic E-state index is 15.5. The number of ether oxygens (including phenoxy) is 2. The van der Waals surface area contributed by atoms with Gasteiger partial charge < -0.3 is 14.4 Å². The molecule has 11 heteroatoms. The van der Waals surface area contributed by atoms with Gasteiger partial charge in [0.2, 0.25) is 0 Å². The Balaban J connectivity index is 1.43. The van der Waals surface area contributed by atoms with Crippen LogP contribution < -0.4 is 14.4 Å². The highest BCUT2D eigenvalue weighted by molar-refractivity contribution is 9.10. The Bertz CT molecular complexity index is 1250. The van der Waals surface area contributed by atoms with Crippen LogP contribution in [0, 0.1) is 29.0 Å². The topological polar surface area (TPSA) is 74.5 Å². The predicted octanol–water partition coefficient (Wildman–Crippen LogP) is 4.89. The molecule has 0 amide bonds. The van der Waals surface area contributed by atoms with E-state index in [4.69, 9.17) is 26.1 Å². The lowest BCUT2D eigenvalue weighted by molar-refractivity contribution is 0.107. The zero-order valence-corrected chi connectivity index (χ0v) is 21.6. The molecule has 3 unspecified atom stereocenters. The second-order valence-electron chi connectivity index (χ2n) is 10.1. The number of benzene rings is 1. The van der Waals surface area contributed by atoms with Crippen LogP contribution in [-0.4, -0.2) is 65.5 Å². The van der Waals surface area contributed by atoms with Gasteiger partial charge in [-0.25, -0.2) is 8.78 Å². The minimum absolute atomic E-state index is 0.00426. The van der Waals surface area contributed by atoms with Gasteiger partial charge in [0.15, 0.2) is 11.6 Å². The molecule has 186 valence electrons. The Labute approximate surface area is 215 Å². The summed E-state index contributed by atoms with van der Waals surface area (Å²) in [5.74, 6) is 0.382. The van der Waals surface area contributed by atoms with Crippen LogP contribution in [0.4, 0.5) is 14.6 Å². The molecule has 3 aliphatic heterocycles. The summed E-state index contributed by atoms with van der Waals surface area (Å²) in [4.78, 5) is 13.4. The molecule has 1 aromatic heterocycles. The van der Waals surface area contributed by atoms with Crippen LogP contribution in [0.15, 0.2) is 4.47 Å². The lowest BCUT2D eigenvalue weighted by Gasteiger charge is -2.32. The van der Waals surface area contributed by atoms with Crippen molar-refractivity contribution in [1.82, 2.24) is 14.9 Å². The smallest absolute Gasteiger partial charge is 0.319 e. The van der Waals surface area contributed by atoms with Crippen LogP contribution in [0.3, 0.4) is 0 Å². The third kappa shape index (κ3) is 3.73. The molecular formula is C24H25BrClF2N5O2. The number of alkyl halides is 1. The molecule has 2 aromatic rings. The van der Waals surface area contributed by atoms with E-state index in [2.05, 4.69) is 31.9 Å². The fourth-order valence-corrected chi connectivity index (χ4v) is 6.74. The van der Waals surface area contributed by atoms with E-state index in [1.54, 1.807) is 0 Å². The minimum atomic E-state index is -0.876. The molecule has 4 heterocycles. The number of hydrogen-bond donors (Lipinski definition) is 0. The molecular weight excluding hydrogens is 544 g/mol. The molecule has 0 N–H and O–H groups in total. The molecule has 35 heavy (non-hydrogen) atoms. The molecule has 5 atom stereocenters. The maximum Gasteiger partial charge on any atom is 0.319 e. The number of aromatic nitrogens is 2. The third-order valence-electron chi connectivity index (χ3n) is 8.09. The molecule has 7 nitrogen and oxygen atoms in total. The Morgan fingerprint density at radius 1 is 1.40 bits per heavy atom. The van der Waals surface area contributed by atoms with E-state index >= 15 is 4.39 Å². The van der Waals surface area contributed by atoms with Gasteiger partial charge >= 0.3 is 6.01 Å². The van der Waals surface area contributed by atoms with E-state index in [1.165, 1.54) is 0 Å². The average molecular weight is 569 g/mol. The summed E-state index contributed by atoms with van der Waals surface area (Å²) in [5.41, 5.74) is -0.321. The molecule has 6 rings (SSSR count). The number of rotatable bonds is 5. The first-order valence-corrected chi connectivity index (χ1v) is 13.2. The third-order valence-corrected chi connectivity index (χ3v) is 9.42. The molecule has 1 saturated carbocycles. The molecule has 0 bridgehead atoms.